The van der Waals surface area contributed by atoms with Crippen molar-refractivity contribution in [1.82, 2.24) is 13.7 Å². The zero-order chi connectivity index (χ0) is 12.6. The molecule has 2 heterocycles. The third-order valence-electron chi connectivity index (χ3n) is 2.63. The zero-order valence-electron chi connectivity index (χ0n) is 10.1. The summed E-state index contributed by atoms with van der Waals surface area (Å²) in [6.07, 6.45) is 2.52. The van der Waals surface area contributed by atoms with Crippen LogP contribution in [-0.2, 0) is 16.4 Å². The molecule has 0 spiro atoms. The summed E-state index contributed by atoms with van der Waals surface area (Å²) in [5, 5.41) is 0.125. The number of nitrogens with zero attached hydrogens (tertiary/aromatic N) is 3. The van der Waals surface area contributed by atoms with E-state index in [1.165, 1.54) is 18.4 Å². The molecule has 0 bridgehead atoms. The number of pyridine rings is 1. The van der Waals surface area contributed by atoms with Crippen LogP contribution in [0.5, 0.6) is 0 Å². The van der Waals surface area contributed by atoms with Crippen molar-refractivity contribution in [3.05, 3.63) is 30.2 Å². The van der Waals surface area contributed by atoms with Crippen LogP contribution in [0.15, 0.2) is 29.4 Å². The van der Waals surface area contributed by atoms with Crippen LogP contribution in [0.4, 0.5) is 0 Å². The summed E-state index contributed by atoms with van der Waals surface area (Å²) in [5.41, 5.74) is 0.623. The molecule has 6 heteroatoms. The molecule has 0 aliphatic rings. The second-order valence-corrected chi connectivity index (χ2v) is 6.00. The minimum absolute atomic E-state index is 0.125. The lowest BCUT2D eigenvalue weighted by Crippen LogP contribution is -2.22. The van der Waals surface area contributed by atoms with Gasteiger partial charge in [-0.1, -0.05) is 13.0 Å². The number of fused-ring (bicyclic) bond motifs is 1. The van der Waals surface area contributed by atoms with E-state index in [2.05, 4.69) is 4.98 Å². The predicted molar refractivity (Wildman–Crippen MR) is 65.4 cm³/mol. The molecule has 0 unspecified atom stereocenters. The van der Waals surface area contributed by atoms with E-state index in [9.17, 15) is 8.42 Å². The van der Waals surface area contributed by atoms with Crippen molar-refractivity contribution in [2.24, 2.45) is 0 Å². The van der Waals surface area contributed by atoms with Gasteiger partial charge in [-0.15, -0.1) is 0 Å². The largest absolute Gasteiger partial charge is 0.302 e. The van der Waals surface area contributed by atoms with Gasteiger partial charge in [-0.25, -0.2) is 17.7 Å². The van der Waals surface area contributed by atoms with Gasteiger partial charge in [0.15, 0.2) is 5.03 Å². The quantitative estimate of drug-likeness (QED) is 0.824. The van der Waals surface area contributed by atoms with Crippen molar-refractivity contribution in [3.63, 3.8) is 0 Å². The second-order valence-electron chi connectivity index (χ2n) is 3.93. The molecule has 2 rings (SSSR count). The predicted octanol–water partition coefficient (Wildman–Crippen LogP) is 1.15. The molecule has 0 aliphatic carbocycles. The second kappa shape index (κ2) is 4.12. The molecule has 92 valence electrons. The number of aryl methyl sites for hydroxylation is 1. The zero-order valence-corrected chi connectivity index (χ0v) is 10.9. The van der Waals surface area contributed by atoms with Gasteiger partial charge in [0.1, 0.15) is 5.82 Å². The number of sulfonamides is 1. The van der Waals surface area contributed by atoms with Gasteiger partial charge < -0.3 is 4.40 Å². The molecule has 2 aromatic heterocycles. The van der Waals surface area contributed by atoms with E-state index in [4.69, 9.17) is 0 Å². The molecule has 0 atom stereocenters. The average molecular weight is 253 g/mol. The Hall–Kier alpha value is -1.40. The number of imidazole rings is 1. The summed E-state index contributed by atoms with van der Waals surface area (Å²) in [5.74, 6) is 0.751. The first-order valence-electron chi connectivity index (χ1n) is 5.37. The summed E-state index contributed by atoms with van der Waals surface area (Å²) in [4.78, 5) is 4.23. The molecule has 5 nitrogen and oxygen atoms in total. The number of hydrogen-bond donors (Lipinski definition) is 0. The van der Waals surface area contributed by atoms with E-state index in [1.54, 1.807) is 6.07 Å². The Kier molecular flexibility index (Phi) is 2.92. The van der Waals surface area contributed by atoms with Crippen LogP contribution in [0.25, 0.3) is 5.52 Å². The van der Waals surface area contributed by atoms with Crippen molar-refractivity contribution in [2.45, 2.75) is 18.4 Å². The maximum atomic E-state index is 12.1. The normalized spacial score (nSPS) is 12.5. The molecular formula is C11H15N3O2S. The fraction of sp³-hybridized carbons (Fsp3) is 0.364. The van der Waals surface area contributed by atoms with Crippen LogP contribution in [0.1, 0.15) is 12.7 Å². The first kappa shape index (κ1) is 12.1. The monoisotopic (exact) mass is 253 g/mol. The number of rotatable bonds is 3. The Labute approximate surface area is 101 Å². The first-order valence-corrected chi connectivity index (χ1v) is 6.81. The Morgan fingerprint density at radius 1 is 1.35 bits per heavy atom. The topological polar surface area (TPSA) is 54.7 Å². The van der Waals surface area contributed by atoms with Crippen LogP contribution < -0.4 is 0 Å². The summed E-state index contributed by atoms with van der Waals surface area (Å²) >= 11 is 0. The molecule has 0 aliphatic heterocycles. The fourth-order valence-corrected chi connectivity index (χ4v) is 2.68. The SMILES string of the molecule is CCc1nc(S(=O)(=O)N(C)C)c2ccccn12. The van der Waals surface area contributed by atoms with Crippen molar-refractivity contribution < 1.29 is 8.42 Å². The highest BCUT2D eigenvalue weighted by atomic mass is 32.2. The van der Waals surface area contributed by atoms with Crippen LogP contribution in [-0.4, -0.2) is 36.2 Å². The van der Waals surface area contributed by atoms with Crippen LogP contribution >= 0.6 is 0 Å². The minimum atomic E-state index is -3.49. The maximum Gasteiger partial charge on any atom is 0.262 e. The molecule has 0 N–H and O–H groups in total. The minimum Gasteiger partial charge on any atom is -0.302 e. The smallest absolute Gasteiger partial charge is 0.262 e. The van der Waals surface area contributed by atoms with Crippen molar-refractivity contribution in [3.8, 4) is 0 Å². The summed E-state index contributed by atoms with van der Waals surface area (Å²) in [6, 6.07) is 5.44. The van der Waals surface area contributed by atoms with E-state index in [-0.39, 0.29) is 5.03 Å². The summed E-state index contributed by atoms with van der Waals surface area (Å²) < 4.78 is 27.2. The molecule has 0 fully saturated rings. The van der Waals surface area contributed by atoms with Crippen LogP contribution in [0.2, 0.25) is 0 Å². The van der Waals surface area contributed by atoms with Gasteiger partial charge in [0.2, 0.25) is 0 Å². The molecule has 0 saturated carbocycles. The standard InChI is InChI=1S/C11H15N3O2S/c1-4-10-12-11(17(15,16)13(2)3)9-7-5-6-8-14(9)10/h5-8H,4H2,1-3H3. The van der Waals surface area contributed by atoms with Crippen LogP contribution in [0, 0.1) is 0 Å². The van der Waals surface area contributed by atoms with Crippen molar-refractivity contribution >= 4 is 15.5 Å². The van der Waals surface area contributed by atoms with Crippen LogP contribution in [0.3, 0.4) is 0 Å². The van der Waals surface area contributed by atoms with E-state index in [0.717, 1.165) is 5.82 Å². The Bertz CT molecular complexity index is 644. The van der Waals surface area contributed by atoms with Gasteiger partial charge in [0, 0.05) is 26.7 Å². The number of aromatic nitrogens is 2. The highest BCUT2D eigenvalue weighted by Crippen LogP contribution is 2.20. The first-order chi connectivity index (χ1) is 7.98. The van der Waals surface area contributed by atoms with E-state index in [0.29, 0.717) is 11.9 Å². The molecule has 0 amide bonds. The average Bonchev–Trinajstić information content (AvgIpc) is 2.68. The molecule has 0 aromatic carbocycles. The lowest BCUT2D eigenvalue weighted by atomic mass is 10.4. The molecule has 17 heavy (non-hydrogen) atoms. The molecule has 2 aromatic rings. The summed E-state index contributed by atoms with van der Waals surface area (Å²) in [6.45, 7) is 1.95. The van der Waals surface area contributed by atoms with Crippen molar-refractivity contribution in [1.29, 1.82) is 0 Å². The van der Waals surface area contributed by atoms with E-state index < -0.39 is 10.0 Å². The summed E-state index contributed by atoms with van der Waals surface area (Å²) in [7, 11) is -0.473. The Balaban J connectivity index is 2.80. The third kappa shape index (κ3) is 1.83. The molecule has 0 saturated heterocycles. The Morgan fingerprint density at radius 3 is 2.65 bits per heavy atom. The van der Waals surface area contributed by atoms with Gasteiger partial charge in [-0.2, -0.15) is 0 Å². The fourth-order valence-electron chi connectivity index (χ4n) is 1.68. The molecular weight excluding hydrogens is 238 g/mol. The third-order valence-corrected chi connectivity index (χ3v) is 4.38. The van der Waals surface area contributed by atoms with Gasteiger partial charge in [-0.05, 0) is 12.1 Å². The highest BCUT2D eigenvalue weighted by Gasteiger charge is 2.24. The highest BCUT2D eigenvalue weighted by molar-refractivity contribution is 7.89. The van der Waals surface area contributed by atoms with E-state index in [1.807, 2.05) is 29.7 Å². The lowest BCUT2D eigenvalue weighted by molar-refractivity contribution is 0.518. The lowest BCUT2D eigenvalue weighted by Gasteiger charge is -2.08. The van der Waals surface area contributed by atoms with Crippen molar-refractivity contribution in [2.75, 3.05) is 14.1 Å². The van der Waals surface area contributed by atoms with E-state index >= 15 is 0 Å². The van der Waals surface area contributed by atoms with Gasteiger partial charge >= 0.3 is 0 Å². The Morgan fingerprint density at radius 2 is 2.06 bits per heavy atom. The number of hydrogen-bond acceptors (Lipinski definition) is 3. The van der Waals surface area contributed by atoms with Gasteiger partial charge in [0.25, 0.3) is 10.0 Å². The van der Waals surface area contributed by atoms with Gasteiger partial charge in [-0.3, -0.25) is 0 Å². The van der Waals surface area contributed by atoms with Gasteiger partial charge in [0.05, 0.1) is 5.52 Å². The maximum absolute atomic E-state index is 12.1. The molecule has 0 radical (unpaired) electrons.